The Bertz CT molecular complexity index is 1840. The van der Waals surface area contributed by atoms with E-state index in [-0.39, 0.29) is 55.6 Å². The van der Waals surface area contributed by atoms with Crippen molar-refractivity contribution in [2.75, 3.05) is 31.6 Å². The number of amides is 6. The zero-order valence-corrected chi connectivity index (χ0v) is 35.1. The Morgan fingerprint density at radius 1 is 0.919 bits per heavy atom. The van der Waals surface area contributed by atoms with Gasteiger partial charge in [-0.1, -0.05) is 6.07 Å². The minimum absolute atomic E-state index is 0.0258. The van der Waals surface area contributed by atoms with E-state index in [1.807, 2.05) is 20.8 Å². The summed E-state index contributed by atoms with van der Waals surface area (Å²) in [6.45, 7) is 8.39. The molecule has 7 atom stereocenters. The zero-order chi connectivity index (χ0) is 46.5. The van der Waals surface area contributed by atoms with E-state index in [1.54, 1.807) is 13.8 Å². The highest BCUT2D eigenvalue weighted by atomic mass is 16.7. The number of aliphatic carboxylic acids is 1. The quantitative estimate of drug-likeness (QED) is 0.0348. The molecule has 340 valence electrons. The van der Waals surface area contributed by atoms with Crippen LogP contribution in [0.3, 0.4) is 0 Å². The number of hydrogen-bond donors (Lipinski definition) is 9. The first-order valence-electron chi connectivity index (χ1n) is 19.7. The van der Waals surface area contributed by atoms with E-state index in [4.69, 9.17) is 32.5 Å². The molecule has 0 spiro atoms. The van der Waals surface area contributed by atoms with Gasteiger partial charge >= 0.3 is 5.97 Å². The first kappa shape index (κ1) is 50.9. The van der Waals surface area contributed by atoms with Crippen molar-refractivity contribution in [3.05, 3.63) is 35.9 Å². The molecular formula is C39H55BN6O16. The van der Waals surface area contributed by atoms with Crippen LogP contribution in [0.15, 0.2) is 30.4 Å². The van der Waals surface area contributed by atoms with E-state index in [1.165, 1.54) is 18.2 Å². The first-order chi connectivity index (χ1) is 28.9. The van der Waals surface area contributed by atoms with E-state index < -0.39 is 108 Å². The number of rotatable bonds is 22. The van der Waals surface area contributed by atoms with Crippen LogP contribution in [0.25, 0.3) is 0 Å². The van der Waals surface area contributed by atoms with Crippen LogP contribution in [-0.2, 0) is 54.4 Å². The highest BCUT2D eigenvalue weighted by Gasteiger charge is 2.48. The van der Waals surface area contributed by atoms with Gasteiger partial charge in [-0.05, 0) is 71.6 Å². The van der Waals surface area contributed by atoms with Gasteiger partial charge in [-0.2, -0.15) is 0 Å². The molecule has 4 unspecified atom stereocenters. The van der Waals surface area contributed by atoms with Gasteiger partial charge in [0.1, 0.15) is 42.8 Å². The SMILES string of the molecule is [B]C(=O)OCc1ccc(OC2OC(C(=O)O)[C@@H](O)C(O)[C@H]2O)c(NC(=O)CCNC(=O)[C@H](CCCCNC(=O)C(C)(C)COC(C)(C)C)NC(=O)C(CN)N2C(=O)C=CC2=O)c1. The van der Waals surface area contributed by atoms with Crippen molar-refractivity contribution >= 4 is 60.8 Å². The summed E-state index contributed by atoms with van der Waals surface area (Å²) < 4.78 is 21.4. The molecule has 2 aliphatic rings. The van der Waals surface area contributed by atoms with Crippen molar-refractivity contribution in [1.82, 2.24) is 20.9 Å². The smallest absolute Gasteiger partial charge is 0.335 e. The predicted molar refractivity (Wildman–Crippen MR) is 216 cm³/mol. The average Bonchev–Trinajstić information content (AvgIpc) is 3.52. The van der Waals surface area contributed by atoms with E-state index in [2.05, 4.69) is 21.3 Å². The maximum atomic E-state index is 13.5. The topological polar surface area (TPSA) is 332 Å². The van der Waals surface area contributed by atoms with E-state index in [0.717, 1.165) is 12.2 Å². The number of carbonyl (C=O) groups excluding carboxylic acids is 7. The van der Waals surface area contributed by atoms with Gasteiger partial charge < -0.3 is 66.4 Å². The Kier molecular flexibility index (Phi) is 18.5. The molecule has 2 aliphatic heterocycles. The van der Waals surface area contributed by atoms with Gasteiger partial charge in [0.15, 0.2) is 6.10 Å². The number of imide groups is 1. The lowest BCUT2D eigenvalue weighted by molar-refractivity contribution is -0.271. The Morgan fingerprint density at radius 3 is 2.18 bits per heavy atom. The summed E-state index contributed by atoms with van der Waals surface area (Å²) in [5.74, 6) is -7.12. The Hall–Kier alpha value is -5.46. The minimum atomic E-state index is -2.00. The summed E-state index contributed by atoms with van der Waals surface area (Å²) in [7, 11) is 5.06. The third-order valence-electron chi connectivity index (χ3n) is 9.41. The van der Waals surface area contributed by atoms with Crippen LogP contribution in [0.1, 0.15) is 65.9 Å². The zero-order valence-electron chi connectivity index (χ0n) is 35.1. The standard InChI is InChI=1S/C39H55BN6O16/c1-38(2,3)60-19-39(4,5)36(57)43-14-7-6-8-21(45-33(54)23(17-41)46-26(48)11-12-27(46)49)32(53)42-15-13-25(47)44-22-16-20(18-59-37(40)58)9-10-24(22)61-35-30(52)28(50)29(51)31(62-35)34(55)56/h9-12,16,21,23,28-31,35,50-52H,6-8,13-15,17-19,41H2,1-5H3,(H,42,53)(H,43,57)(H,44,47)(H,45,54)(H,55,56)/t21-,23?,28?,29-,30+,31?,35?/m0/s1. The summed E-state index contributed by atoms with van der Waals surface area (Å²) in [6, 6.07) is 1.22. The molecule has 6 amide bonds. The summed E-state index contributed by atoms with van der Waals surface area (Å²) in [6.07, 6.45) is -7.49. The fourth-order valence-electron chi connectivity index (χ4n) is 5.89. The van der Waals surface area contributed by atoms with Crippen LogP contribution in [0.5, 0.6) is 5.75 Å². The first-order valence-corrected chi connectivity index (χ1v) is 19.7. The number of carboxylic acid groups (broad SMARTS) is 1. The highest BCUT2D eigenvalue weighted by molar-refractivity contribution is 6.55. The molecule has 0 bridgehead atoms. The normalized spacial score (nSPS) is 21.1. The summed E-state index contributed by atoms with van der Waals surface area (Å²) in [5.41, 5.74) is 4.64. The van der Waals surface area contributed by atoms with Crippen molar-refractivity contribution in [2.45, 2.75) is 115 Å². The Balaban J connectivity index is 1.70. The Morgan fingerprint density at radius 2 is 1.58 bits per heavy atom. The lowest BCUT2D eigenvalue weighted by Crippen LogP contribution is -2.61. The molecule has 0 saturated carbocycles. The summed E-state index contributed by atoms with van der Waals surface area (Å²) >= 11 is 0. The number of hydrogen-bond acceptors (Lipinski definition) is 16. The van der Waals surface area contributed by atoms with Gasteiger partial charge in [0.25, 0.3) is 11.8 Å². The van der Waals surface area contributed by atoms with Crippen molar-refractivity contribution in [1.29, 1.82) is 0 Å². The molecule has 23 heteroatoms. The number of ether oxygens (including phenoxy) is 4. The number of benzene rings is 1. The maximum absolute atomic E-state index is 13.5. The van der Waals surface area contributed by atoms with Gasteiger partial charge in [0.05, 0.1) is 23.3 Å². The molecule has 2 heterocycles. The number of unbranched alkanes of at least 4 members (excludes halogenated alkanes) is 1. The number of aliphatic hydroxyl groups excluding tert-OH is 3. The number of carbonyl (C=O) groups is 8. The van der Waals surface area contributed by atoms with Crippen LogP contribution < -0.4 is 31.7 Å². The molecule has 1 saturated heterocycles. The number of carboxylic acids is 1. The van der Waals surface area contributed by atoms with Crippen molar-refractivity contribution in [3.8, 4) is 5.75 Å². The van der Waals surface area contributed by atoms with Crippen LogP contribution in [0.4, 0.5) is 10.5 Å². The fourth-order valence-corrected chi connectivity index (χ4v) is 5.89. The lowest BCUT2D eigenvalue weighted by Gasteiger charge is -2.38. The van der Waals surface area contributed by atoms with E-state index in [9.17, 15) is 58.8 Å². The van der Waals surface area contributed by atoms with Crippen LogP contribution in [0.2, 0.25) is 0 Å². The number of nitrogens with one attached hydrogen (secondary N) is 4. The van der Waals surface area contributed by atoms with Gasteiger partial charge in [-0.25, -0.2) is 4.79 Å². The minimum Gasteiger partial charge on any atom is -0.479 e. The molecule has 2 radical (unpaired) electrons. The van der Waals surface area contributed by atoms with Crippen molar-refractivity contribution < 1.29 is 77.7 Å². The highest BCUT2D eigenvalue weighted by Crippen LogP contribution is 2.31. The third kappa shape index (κ3) is 14.9. The second-order valence-corrected chi connectivity index (χ2v) is 16.1. The van der Waals surface area contributed by atoms with E-state index in [0.29, 0.717) is 17.7 Å². The molecule has 3 rings (SSSR count). The average molecular weight is 875 g/mol. The van der Waals surface area contributed by atoms with Crippen LogP contribution >= 0.6 is 0 Å². The fraction of sp³-hybridized carbons (Fsp3) is 0.590. The second-order valence-electron chi connectivity index (χ2n) is 16.1. The van der Waals surface area contributed by atoms with Gasteiger partial charge in [-0.3, -0.25) is 38.5 Å². The molecule has 62 heavy (non-hydrogen) atoms. The van der Waals surface area contributed by atoms with Crippen molar-refractivity contribution in [2.24, 2.45) is 11.1 Å². The molecule has 1 aromatic rings. The molecule has 0 aliphatic carbocycles. The lowest BCUT2D eigenvalue weighted by atomic mass is 9.93. The van der Waals surface area contributed by atoms with E-state index >= 15 is 0 Å². The molecule has 0 aromatic heterocycles. The summed E-state index contributed by atoms with van der Waals surface area (Å²) in [5, 5.41) is 50.6. The second kappa shape index (κ2) is 22.6. The number of anilines is 1. The summed E-state index contributed by atoms with van der Waals surface area (Å²) in [4.78, 5) is 101. The molecule has 10 N–H and O–H groups in total. The van der Waals surface area contributed by atoms with Gasteiger partial charge in [0, 0.05) is 38.2 Å². The van der Waals surface area contributed by atoms with Gasteiger partial charge in [0.2, 0.25) is 43.6 Å². The number of nitrogens with zero attached hydrogens (tertiary/aromatic N) is 1. The largest absolute Gasteiger partial charge is 0.479 e. The maximum Gasteiger partial charge on any atom is 0.335 e. The number of nitrogens with two attached hydrogens (primary N) is 1. The molecule has 1 fully saturated rings. The molecule has 22 nitrogen and oxygen atoms in total. The molecule has 1 aromatic carbocycles. The van der Waals surface area contributed by atoms with Crippen LogP contribution in [0, 0.1) is 5.41 Å². The Labute approximate surface area is 358 Å². The van der Waals surface area contributed by atoms with Crippen LogP contribution in [-0.4, -0.2) is 155 Å². The monoisotopic (exact) mass is 874 g/mol. The third-order valence-corrected chi connectivity index (χ3v) is 9.41. The van der Waals surface area contributed by atoms with Gasteiger partial charge in [-0.15, -0.1) is 0 Å². The van der Waals surface area contributed by atoms with Crippen molar-refractivity contribution in [3.63, 3.8) is 0 Å². The predicted octanol–water partition coefficient (Wildman–Crippen LogP) is -1.93. The number of aliphatic hydroxyl groups is 3. The molecular weight excluding hydrogens is 819 g/mol.